The largest absolute Gasteiger partial charge is 0.389 e. The summed E-state index contributed by atoms with van der Waals surface area (Å²) < 4.78 is 7.06. The average Bonchev–Trinajstić information content (AvgIpc) is 3.25. The number of carbonyl (C=O) groups is 1. The number of likely N-dealkylation sites (N-methyl/N-ethyl adjacent to an activating group) is 1. The minimum Gasteiger partial charge on any atom is -0.389 e. The highest BCUT2D eigenvalue weighted by Gasteiger charge is 2.40. The second-order valence-electron chi connectivity index (χ2n) is 6.04. The van der Waals surface area contributed by atoms with Gasteiger partial charge in [-0.2, -0.15) is 0 Å². The lowest BCUT2D eigenvalue weighted by Gasteiger charge is -2.29. The van der Waals surface area contributed by atoms with Crippen molar-refractivity contribution in [2.45, 2.75) is 51.3 Å². The van der Waals surface area contributed by atoms with Crippen molar-refractivity contribution in [3.63, 3.8) is 0 Å². The molecule has 2 heterocycles. The van der Waals surface area contributed by atoms with Crippen LogP contribution in [0.25, 0.3) is 0 Å². The van der Waals surface area contributed by atoms with Gasteiger partial charge in [0.1, 0.15) is 11.3 Å². The van der Waals surface area contributed by atoms with Gasteiger partial charge >= 0.3 is 0 Å². The van der Waals surface area contributed by atoms with Gasteiger partial charge in [-0.25, -0.2) is 4.98 Å². The van der Waals surface area contributed by atoms with E-state index in [1.807, 2.05) is 17.7 Å². The fourth-order valence-electron chi connectivity index (χ4n) is 3.41. The maximum atomic E-state index is 12.8. The molecule has 23 heavy (non-hydrogen) atoms. The molecule has 2 aromatic rings. The molecule has 3 rings (SSSR count). The van der Waals surface area contributed by atoms with Gasteiger partial charge in [0.05, 0.1) is 30.2 Å². The Morgan fingerprint density at radius 3 is 2.96 bits per heavy atom. The predicted octanol–water partition coefficient (Wildman–Crippen LogP) is 1.58. The Morgan fingerprint density at radius 1 is 1.52 bits per heavy atom. The number of rotatable bonds is 4. The third-order valence-electron chi connectivity index (χ3n) is 4.75. The third-order valence-corrected chi connectivity index (χ3v) is 4.75. The summed E-state index contributed by atoms with van der Waals surface area (Å²) in [4.78, 5) is 18.5. The molecule has 1 fully saturated rings. The molecule has 0 spiro atoms. The predicted molar refractivity (Wildman–Crippen MR) is 83.0 cm³/mol. The number of imidazole rings is 1. The first-order chi connectivity index (χ1) is 11.0. The van der Waals surface area contributed by atoms with Crippen LogP contribution >= 0.6 is 0 Å². The van der Waals surface area contributed by atoms with E-state index in [1.165, 1.54) is 0 Å². The molecule has 0 unspecified atom stereocenters. The molecule has 0 aromatic carbocycles. The van der Waals surface area contributed by atoms with Crippen molar-refractivity contribution in [3.05, 3.63) is 35.7 Å². The van der Waals surface area contributed by atoms with Crippen LogP contribution in [0.3, 0.4) is 0 Å². The molecule has 2 aromatic heterocycles. The van der Waals surface area contributed by atoms with Gasteiger partial charge in [-0.05, 0) is 26.2 Å². The van der Waals surface area contributed by atoms with Gasteiger partial charge in [-0.3, -0.25) is 4.79 Å². The highest BCUT2D eigenvalue weighted by molar-refractivity contribution is 5.96. The standard InChI is InChI=1S/C16H22N4O3/c1-4-11-14(10(2)23-18-11)16(22)19(3)12-5-6-13(15(12)21)20-8-7-17-9-20/h7-9,12-13,15,21H,4-6H2,1-3H3/t12-,13-,15-/m1/s1. The number of aromatic nitrogens is 3. The number of hydrogen-bond donors (Lipinski definition) is 1. The van der Waals surface area contributed by atoms with Crippen LogP contribution in [-0.2, 0) is 6.42 Å². The number of hydrogen-bond acceptors (Lipinski definition) is 5. The van der Waals surface area contributed by atoms with E-state index in [0.717, 1.165) is 12.8 Å². The molecule has 7 heteroatoms. The van der Waals surface area contributed by atoms with Gasteiger partial charge < -0.3 is 19.1 Å². The van der Waals surface area contributed by atoms with Crippen molar-refractivity contribution in [1.29, 1.82) is 0 Å². The van der Waals surface area contributed by atoms with Gasteiger partial charge in [0.15, 0.2) is 0 Å². The van der Waals surface area contributed by atoms with E-state index in [1.54, 1.807) is 31.4 Å². The Labute approximate surface area is 134 Å². The van der Waals surface area contributed by atoms with E-state index in [-0.39, 0.29) is 18.0 Å². The molecule has 7 nitrogen and oxygen atoms in total. The summed E-state index contributed by atoms with van der Waals surface area (Å²) >= 11 is 0. The van der Waals surface area contributed by atoms with Crippen LogP contribution in [0.4, 0.5) is 0 Å². The van der Waals surface area contributed by atoms with Crippen LogP contribution < -0.4 is 0 Å². The summed E-state index contributed by atoms with van der Waals surface area (Å²) in [6.07, 6.45) is 6.82. The quantitative estimate of drug-likeness (QED) is 0.925. The van der Waals surface area contributed by atoms with Gasteiger partial charge in [0, 0.05) is 19.4 Å². The summed E-state index contributed by atoms with van der Waals surface area (Å²) in [5, 5.41) is 14.6. The van der Waals surface area contributed by atoms with E-state index in [4.69, 9.17) is 4.52 Å². The molecule has 0 aliphatic heterocycles. The number of aliphatic hydroxyl groups excluding tert-OH is 1. The van der Waals surface area contributed by atoms with Crippen LogP contribution in [0, 0.1) is 6.92 Å². The van der Waals surface area contributed by atoms with Crippen molar-refractivity contribution in [3.8, 4) is 0 Å². The first kappa shape index (κ1) is 15.7. The lowest BCUT2D eigenvalue weighted by Crippen LogP contribution is -2.43. The Bertz CT molecular complexity index is 680. The van der Waals surface area contributed by atoms with Crippen molar-refractivity contribution >= 4 is 5.91 Å². The Morgan fingerprint density at radius 2 is 2.30 bits per heavy atom. The monoisotopic (exact) mass is 318 g/mol. The maximum absolute atomic E-state index is 12.8. The lowest BCUT2D eigenvalue weighted by molar-refractivity contribution is 0.0441. The normalized spacial score (nSPS) is 24.1. The summed E-state index contributed by atoms with van der Waals surface area (Å²) in [6, 6.07) is -0.277. The summed E-state index contributed by atoms with van der Waals surface area (Å²) in [7, 11) is 1.73. The number of carbonyl (C=O) groups excluding carboxylic acids is 1. The lowest BCUT2D eigenvalue weighted by atomic mass is 10.1. The molecule has 1 aliphatic rings. The molecule has 1 aliphatic carbocycles. The summed E-state index contributed by atoms with van der Waals surface area (Å²) in [6.45, 7) is 3.68. The first-order valence-electron chi connectivity index (χ1n) is 7.92. The van der Waals surface area contributed by atoms with Gasteiger partial charge in [-0.1, -0.05) is 12.1 Å². The molecule has 3 atom stereocenters. The molecule has 1 amide bonds. The van der Waals surface area contributed by atoms with Crippen molar-refractivity contribution in [1.82, 2.24) is 19.6 Å². The fraction of sp³-hybridized carbons (Fsp3) is 0.562. The molecule has 1 N–H and O–H groups in total. The zero-order valence-corrected chi connectivity index (χ0v) is 13.6. The van der Waals surface area contributed by atoms with Gasteiger partial charge in [0.25, 0.3) is 5.91 Å². The first-order valence-corrected chi connectivity index (χ1v) is 7.92. The van der Waals surface area contributed by atoms with Crippen LogP contribution in [-0.4, -0.2) is 49.8 Å². The molecule has 1 saturated carbocycles. The van der Waals surface area contributed by atoms with Crippen molar-refractivity contribution in [2.75, 3.05) is 7.05 Å². The number of aliphatic hydroxyl groups is 1. The van der Waals surface area contributed by atoms with Crippen LogP contribution in [0.5, 0.6) is 0 Å². The second kappa shape index (κ2) is 6.16. The summed E-state index contributed by atoms with van der Waals surface area (Å²) in [5.74, 6) is 0.383. The van der Waals surface area contributed by atoms with E-state index in [0.29, 0.717) is 23.4 Å². The van der Waals surface area contributed by atoms with Gasteiger partial charge in [0.2, 0.25) is 0 Å². The molecular weight excluding hydrogens is 296 g/mol. The minimum atomic E-state index is -0.622. The molecule has 124 valence electrons. The van der Waals surface area contributed by atoms with E-state index in [9.17, 15) is 9.90 Å². The van der Waals surface area contributed by atoms with Crippen molar-refractivity contribution < 1.29 is 14.4 Å². The highest BCUT2D eigenvalue weighted by atomic mass is 16.5. The van der Waals surface area contributed by atoms with E-state index >= 15 is 0 Å². The summed E-state index contributed by atoms with van der Waals surface area (Å²) in [5.41, 5.74) is 1.19. The molecule has 0 radical (unpaired) electrons. The van der Waals surface area contributed by atoms with E-state index in [2.05, 4.69) is 10.1 Å². The number of aryl methyl sites for hydroxylation is 2. The molecule has 0 bridgehead atoms. The highest BCUT2D eigenvalue weighted by Crippen LogP contribution is 2.34. The SMILES string of the molecule is CCc1noc(C)c1C(=O)N(C)[C@@H]1CC[C@@H](n2ccnc2)[C@@H]1O. The second-order valence-corrected chi connectivity index (χ2v) is 6.04. The third kappa shape index (κ3) is 2.65. The fourth-order valence-corrected chi connectivity index (χ4v) is 3.41. The maximum Gasteiger partial charge on any atom is 0.259 e. The Balaban J connectivity index is 1.79. The topological polar surface area (TPSA) is 84.4 Å². The smallest absolute Gasteiger partial charge is 0.259 e. The zero-order chi connectivity index (χ0) is 16.6. The van der Waals surface area contributed by atoms with Crippen LogP contribution in [0.2, 0.25) is 0 Å². The van der Waals surface area contributed by atoms with Gasteiger partial charge in [-0.15, -0.1) is 0 Å². The van der Waals surface area contributed by atoms with Crippen LogP contribution in [0.1, 0.15) is 47.6 Å². The molecule has 0 saturated heterocycles. The van der Waals surface area contributed by atoms with Crippen molar-refractivity contribution in [2.24, 2.45) is 0 Å². The number of nitrogens with zero attached hydrogens (tertiary/aromatic N) is 4. The Hall–Kier alpha value is -2.15. The average molecular weight is 318 g/mol. The van der Waals surface area contributed by atoms with Crippen LogP contribution in [0.15, 0.2) is 23.2 Å². The Kier molecular flexibility index (Phi) is 4.21. The molecular formula is C16H22N4O3. The van der Waals surface area contributed by atoms with E-state index < -0.39 is 6.10 Å². The minimum absolute atomic E-state index is 0.0491. The number of amides is 1. The zero-order valence-electron chi connectivity index (χ0n) is 13.6.